The Balaban J connectivity index is 1.68. The number of ether oxygens (including phenoxy) is 2. The summed E-state index contributed by atoms with van der Waals surface area (Å²) in [5.74, 6) is 1.41. The van der Waals surface area contributed by atoms with Crippen LogP contribution in [0, 0.1) is 5.92 Å². The normalized spacial score (nSPS) is 16.2. The summed E-state index contributed by atoms with van der Waals surface area (Å²) in [5.41, 5.74) is 3.09. The summed E-state index contributed by atoms with van der Waals surface area (Å²) in [5, 5.41) is 2.97. The van der Waals surface area contributed by atoms with Crippen LogP contribution in [0.3, 0.4) is 0 Å². The number of carbonyl (C=O) groups excluding carboxylic acids is 1. The number of carbonyl (C=O) groups is 1. The number of amides is 1. The van der Waals surface area contributed by atoms with E-state index in [0.29, 0.717) is 13.0 Å². The van der Waals surface area contributed by atoms with Gasteiger partial charge in [-0.2, -0.15) is 0 Å². The van der Waals surface area contributed by atoms with Crippen molar-refractivity contribution < 1.29 is 14.3 Å². The number of aryl methyl sites for hydroxylation is 1. The Morgan fingerprint density at radius 2 is 2.04 bits per heavy atom. The maximum absolute atomic E-state index is 12.5. The van der Waals surface area contributed by atoms with Gasteiger partial charge in [-0.3, -0.25) is 4.79 Å². The quantitative estimate of drug-likeness (QED) is 0.941. The monoisotopic (exact) mass is 311 g/mol. The molecule has 1 atom stereocenters. The van der Waals surface area contributed by atoms with Crippen molar-refractivity contribution in [1.29, 1.82) is 0 Å². The van der Waals surface area contributed by atoms with E-state index in [1.165, 1.54) is 5.56 Å². The van der Waals surface area contributed by atoms with Gasteiger partial charge in [0.05, 0.1) is 13.0 Å². The number of nitrogens with one attached hydrogen (secondary N) is 1. The van der Waals surface area contributed by atoms with Crippen LogP contribution < -0.4 is 14.8 Å². The molecule has 120 valence electrons. The van der Waals surface area contributed by atoms with Crippen molar-refractivity contribution in [2.45, 2.75) is 19.8 Å². The Morgan fingerprint density at radius 3 is 2.74 bits per heavy atom. The van der Waals surface area contributed by atoms with Crippen LogP contribution in [0.1, 0.15) is 18.1 Å². The molecule has 0 unspecified atom stereocenters. The molecule has 0 aromatic heterocycles. The van der Waals surface area contributed by atoms with E-state index in [9.17, 15) is 4.79 Å². The van der Waals surface area contributed by atoms with Crippen molar-refractivity contribution in [3.8, 4) is 11.5 Å². The summed E-state index contributed by atoms with van der Waals surface area (Å²) in [6.45, 7) is 2.51. The zero-order chi connectivity index (χ0) is 16.2. The van der Waals surface area contributed by atoms with Crippen LogP contribution >= 0.6 is 0 Å². The van der Waals surface area contributed by atoms with Gasteiger partial charge in [0.25, 0.3) is 0 Å². The molecule has 4 nitrogen and oxygen atoms in total. The SMILES string of the molecule is CCc1ccc(NC(=O)[C@@H]2COc3ccc(OC)cc3C2)cc1. The highest BCUT2D eigenvalue weighted by Gasteiger charge is 2.26. The molecule has 0 radical (unpaired) electrons. The van der Waals surface area contributed by atoms with E-state index < -0.39 is 0 Å². The molecule has 1 N–H and O–H groups in total. The van der Waals surface area contributed by atoms with Crippen molar-refractivity contribution in [3.63, 3.8) is 0 Å². The van der Waals surface area contributed by atoms with Crippen LogP contribution in [0.4, 0.5) is 5.69 Å². The largest absolute Gasteiger partial charge is 0.497 e. The highest BCUT2D eigenvalue weighted by atomic mass is 16.5. The van der Waals surface area contributed by atoms with Crippen molar-refractivity contribution in [2.24, 2.45) is 5.92 Å². The number of hydrogen-bond donors (Lipinski definition) is 1. The van der Waals surface area contributed by atoms with Gasteiger partial charge in [0.15, 0.2) is 0 Å². The molecule has 4 heteroatoms. The summed E-state index contributed by atoms with van der Waals surface area (Å²) < 4.78 is 11.0. The van der Waals surface area contributed by atoms with Crippen LogP contribution in [-0.2, 0) is 17.6 Å². The second-order valence-electron chi connectivity index (χ2n) is 5.73. The van der Waals surface area contributed by atoms with Crippen molar-refractivity contribution in [2.75, 3.05) is 19.0 Å². The fraction of sp³-hybridized carbons (Fsp3) is 0.316. The number of methoxy groups -OCH3 is 1. The van der Waals surface area contributed by atoms with E-state index in [1.54, 1.807) is 7.11 Å². The summed E-state index contributed by atoms with van der Waals surface area (Å²) >= 11 is 0. The first kappa shape index (κ1) is 15.4. The molecule has 0 aliphatic carbocycles. The standard InChI is InChI=1S/C19H21NO3/c1-3-13-4-6-16(7-5-13)20-19(21)15-10-14-11-17(22-2)8-9-18(14)23-12-15/h4-9,11,15H,3,10,12H2,1-2H3,(H,20,21)/t15-/m0/s1. The smallest absolute Gasteiger partial charge is 0.231 e. The van der Waals surface area contributed by atoms with Gasteiger partial charge in [0.1, 0.15) is 18.1 Å². The van der Waals surface area contributed by atoms with Crippen molar-refractivity contribution in [1.82, 2.24) is 0 Å². The Labute approximate surface area is 136 Å². The van der Waals surface area contributed by atoms with Gasteiger partial charge in [0.2, 0.25) is 5.91 Å². The van der Waals surface area contributed by atoms with Gasteiger partial charge < -0.3 is 14.8 Å². The zero-order valence-corrected chi connectivity index (χ0v) is 13.5. The van der Waals surface area contributed by atoms with E-state index in [4.69, 9.17) is 9.47 Å². The van der Waals surface area contributed by atoms with E-state index in [1.807, 2.05) is 42.5 Å². The fourth-order valence-corrected chi connectivity index (χ4v) is 2.73. The fourth-order valence-electron chi connectivity index (χ4n) is 2.73. The lowest BCUT2D eigenvalue weighted by atomic mass is 9.95. The summed E-state index contributed by atoms with van der Waals surface area (Å²) in [6.07, 6.45) is 1.65. The Bertz CT molecular complexity index is 694. The third-order valence-electron chi connectivity index (χ3n) is 4.17. The Kier molecular flexibility index (Phi) is 4.51. The molecule has 0 bridgehead atoms. The lowest BCUT2D eigenvalue weighted by Crippen LogP contribution is -2.32. The van der Waals surface area contributed by atoms with Crippen LogP contribution in [0.25, 0.3) is 0 Å². The minimum Gasteiger partial charge on any atom is -0.497 e. The van der Waals surface area contributed by atoms with Crippen molar-refractivity contribution in [3.05, 3.63) is 53.6 Å². The summed E-state index contributed by atoms with van der Waals surface area (Å²) in [6, 6.07) is 13.7. The first-order valence-electron chi connectivity index (χ1n) is 7.89. The molecule has 1 aliphatic heterocycles. The van der Waals surface area contributed by atoms with Gasteiger partial charge >= 0.3 is 0 Å². The highest BCUT2D eigenvalue weighted by molar-refractivity contribution is 5.93. The maximum atomic E-state index is 12.5. The molecule has 0 saturated carbocycles. The van der Waals surface area contributed by atoms with Crippen LogP contribution in [0.15, 0.2) is 42.5 Å². The molecule has 3 rings (SSSR count). The molecule has 2 aromatic carbocycles. The van der Waals surface area contributed by atoms with Crippen LogP contribution in [0.5, 0.6) is 11.5 Å². The topological polar surface area (TPSA) is 47.6 Å². The summed E-state index contributed by atoms with van der Waals surface area (Å²) in [4.78, 5) is 12.5. The van der Waals surface area contributed by atoms with E-state index in [0.717, 1.165) is 29.2 Å². The van der Waals surface area contributed by atoms with Gasteiger partial charge in [-0.25, -0.2) is 0 Å². The van der Waals surface area contributed by atoms with Crippen molar-refractivity contribution >= 4 is 11.6 Å². The minimum atomic E-state index is -0.194. The van der Waals surface area contributed by atoms with E-state index in [-0.39, 0.29) is 11.8 Å². The zero-order valence-electron chi connectivity index (χ0n) is 13.5. The number of rotatable bonds is 4. The first-order valence-corrected chi connectivity index (χ1v) is 7.89. The predicted molar refractivity (Wildman–Crippen MR) is 90.1 cm³/mol. The number of fused-ring (bicyclic) bond motifs is 1. The second kappa shape index (κ2) is 6.73. The molecule has 0 saturated heterocycles. The van der Waals surface area contributed by atoms with Gasteiger partial charge in [-0.1, -0.05) is 19.1 Å². The molecule has 23 heavy (non-hydrogen) atoms. The minimum absolute atomic E-state index is 0.0114. The van der Waals surface area contributed by atoms with Gasteiger partial charge in [0, 0.05) is 5.69 Å². The highest BCUT2D eigenvalue weighted by Crippen LogP contribution is 2.31. The third-order valence-corrected chi connectivity index (χ3v) is 4.17. The number of anilines is 1. The Morgan fingerprint density at radius 1 is 1.26 bits per heavy atom. The average Bonchev–Trinajstić information content (AvgIpc) is 2.61. The third kappa shape index (κ3) is 3.47. The van der Waals surface area contributed by atoms with Gasteiger partial charge in [-0.05, 0) is 54.3 Å². The predicted octanol–water partition coefficient (Wildman–Crippen LogP) is 3.45. The van der Waals surface area contributed by atoms with Crippen LogP contribution in [0.2, 0.25) is 0 Å². The second-order valence-corrected chi connectivity index (χ2v) is 5.73. The molecule has 0 fully saturated rings. The van der Waals surface area contributed by atoms with Crippen LogP contribution in [-0.4, -0.2) is 19.6 Å². The number of hydrogen-bond acceptors (Lipinski definition) is 3. The molecule has 2 aromatic rings. The molecular formula is C19H21NO3. The van der Waals surface area contributed by atoms with E-state index >= 15 is 0 Å². The molecule has 0 spiro atoms. The molecule has 1 aliphatic rings. The van der Waals surface area contributed by atoms with E-state index in [2.05, 4.69) is 12.2 Å². The molecule has 1 heterocycles. The first-order chi connectivity index (χ1) is 11.2. The number of benzene rings is 2. The lowest BCUT2D eigenvalue weighted by molar-refractivity contribution is -0.121. The maximum Gasteiger partial charge on any atom is 0.231 e. The lowest BCUT2D eigenvalue weighted by Gasteiger charge is -2.25. The molecular weight excluding hydrogens is 290 g/mol. The average molecular weight is 311 g/mol. The Hall–Kier alpha value is -2.49. The summed E-state index contributed by atoms with van der Waals surface area (Å²) in [7, 11) is 1.63. The molecule has 1 amide bonds. The van der Waals surface area contributed by atoms with Gasteiger partial charge in [-0.15, -0.1) is 0 Å².